The van der Waals surface area contributed by atoms with Crippen molar-refractivity contribution in [3.05, 3.63) is 123 Å². The van der Waals surface area contributed by atoms with Gasteiger partial charge >= 0.3 is 5.69 Å². The lowest BCUT2D eigenvalue weighted by Crippen LogP contribution is -2.28. The van der Waals surface area contributed by atoms with Gasteiger partial charge in [0, 0.05) is 45.6 Å². The molecule has 0 aliphatic heterocycles. The first-order chi connectivity index (χ1) is 23.9. The Morgan fingerprint density at radius 1 is 0.725 bits per heavy atom. The van der Waals surface area contributed by atoms with E-state index in [2.05, 4.69) is 5.32 Å². The van der Waals surface area contributed by atoms with Gasteiger partial charge in [-0.05, 0) is 67.3 Å². The lowest BCUT2D eigenvalue weighted by Gasteiger charge is -2.28. The minimum Gasteiger partial charge on any atom is -0.379 e. The number of hydrogen-bond acceptors (Lipinski definition) is 9. The third-order valence-corrected chi connectivity index (χ3v) is 11.9. The predicted molar refractivity (Wildman–Crippen MR) is 186 cm³/mol. The number of anilines is 3. The van der Waals surface area contributed by atoms with Crippen molar-refractivity contribution in [1.29, 1.82) is 0 Å². The van der Waals surface area contributed by atoms with E-state index in [0.29, 0.717) is 19.4 Å². The van der Waals surface area contributed by atoms with Gasteiger partial charge in [0.15, 0.2) is 0 Å². The Bertz CT molecular complexity index is 2080. The molecule has 1 aliphatic carbocycles. The molecule has 51 heavy (non-hydrogen) atoms. The summed E-state index contributed by atoms with van der Waals surface area (Å²) in [6.45, 7) is 0.342. The van der Waals surface area contributed by atoms with Gasteiger partial charge in [0.05, 0.1) is 31.0 Å². The van der Waals surface area contributed by atoms with Crippen LogP contribution in [0.3, 0.4) is 0 Å². The summed E-state index contributed by atoms with van der Waals surface area (Å²) in [4.78, 5) is 20.9. The predicted octanol–water partition coefficient (Wildman–Crippen LogP) is 7.22. The van der Waals surface area contributed by atoms with Crippen LogP contribution in [0.25, 0.3) is 0 Å². The summed E-state index contributed by atoms with van der Waals surface area (Å²) >= 11 is 0. The zero-order valence-electron chi connectivity index (χ0n) is 27.4. The second-order valence-corrected chi connectivity index (χ2v) is 15.5. The molecule has 0 bridgehead atoms. The molecule has 1 aliphatic rings. The first-order valence-electron chi connectivity index (χ1n) is 15.4. The number of benzene rings is 4. The number of alkyl halides is 2. The molecule has 5 rings (SSSR count). The monoisotopic (exact) mass is 749 g/mol. The Labute approximate surface area is 292 Å². The smallest absolute Gasteiger partial charge is 0.306 e. The van der Waals surface area contributed by atoms with Gasteiger partial charge in [0.2, 0.25) is 11.7 Å². The van der Waals surface area contributed by atoms with E-state index in [1.807, 2.05) is 0 Å². The molecule has 1 fully saturated rings. The molecule has 0 atom stereocenters. The van der Waals surface area contributed by atoms with Crippen molar-refractivity contribution >= 4 is 48.5 Å². The molecule has 1 saturated carbocycles. The fourth-order valence-corrected chi connectivity index (χ4v) is 7.61. The molecule has 1 N–H and O–H groups in total. The third-order valence-electron chi connectivity index (χ3n) is 8.25. The SMILES string of the molecule is CN(c1ccc(F)c([N+](=O)[O-])c1)S(=O)(=O)c1ccccc1.CN(c1ccc(NCC2CCC(F)(F)CC2)c([N+](=O)[O-])c1)S(=O)(=O)c1ccccc1. The first-order valence-corrected chi connectivity index (χ1v) is 18.2. The zero-order chi connectivity index (χ0) is 37.6. The van der Waals surface area contributed by atoms with Crippen LogP contribution in [0.4, 0.5) is 41.6 Å². The topological polar surface area (TPSA) is 173 Å². The number of nitro groups is 2. The van der Waals surface area contributed by atoms with Crippen molar-refractivity contribution in [3.8, 4) is 0 Å². The number of halogens is 3. The molecule has 0 amide bonds. The highest BCUT2D eigenvalue weighted by atomic mass is 32.2. The molecule has 18 heteroatoms. The number of nitrogens with one attached hydrogen (secondary N) is 1. The van der Waals surface area contributed by atoms with Crippen molar-refractivity contribution < 1.29 is 39.9 Å². The summed E-state index contributed by atoms with van der Waals surface area (Å²) < 4.78 is 92.0. The summed E-state index contributed by atoms with van der Waals surface area (Å²) in [5.74, 6) is -3.64. The molecule has 4 aromatic carbocycles. The van der Waals surface area contributed by atoms with Crippen LogP contribution in [0.2, 0.25) is 0 Å². The standard InChI is InChI=1S/C20H23F2N3O4S.C13H11FN2O4S/c1-24(30(28,29)17-5-3-2-4-6-17)16-7-8-18(19(13-16)25(26)27)23-14-15-9-11-20(21,22)12-10-15;1-15(21(19,20)11-5-3-2-4-6-11)10-7-8-12(14)13(9-10)16(17)18/h2-8,13,15,23H,9-12,14H2,1H3;2-9H,1H3. The minimum atomic E-state index is -3.87. The Hall–Kier alpha value is -5.23. The van der Waals surface area contributed by atoms with Gasteiger partial charge in [-0.15, -0.1) is 0 Å². The molecule has 0 radical (unpaired) electrons. The second-order valence-electron chi connectivity index (χ2n) is 11.6. The molecular weight excluding hydrogens is 716 g/mol. The minimum absolute atomic E-state index is 0.00466. The average Bonchev–Trinajstić information content (AvgIpc) is 3.11. The summed E-state index contributed by atoms with van der Waals surface area (Å²) in [5.41, 5.74) is -0.668. The van der Waals surface area contributed by atoms with Gasteiger partial charge in [-0.25, -0.2) is 25.6 Å². The summed E-state index contributed by atoms with van der Waals surface area (Å²) in [6.07, 6.45) is 0.346. The van der Waals surface area contributed by atoms with Crippen molar-refractivity contribution in [2.75, 3.05) is 34.6 Å². The Morgan fingerprint density at radius 3 is 1.61 bits per heavy atom. The van der Waals surface area contributed by atoms with Gasteiger partial charge < -0.3 is 5.32 Å². The number of nitro benzene ring substituents is 2. The van der Waals surface area contributed by atoms with Crippen LogP contribution in [-0.4, -0.2) is 53.2 Å². The van der Waals surface area contributed by atoms with Crippen molar-refractivity contribution in [2.45, 2.75) is 41.4 Å². The quantitative estimate of drug-likeness (QED) is 0.123. The van der Waals surface area contributed by atoms with E-state index in [4.69, 9.17) is 0 Å². The highest BCUT2D eigenvalue weighted by Crippen LogP contribution is 2.37. The molecule has 13 nitrogen and oxygen atoms in total. The van der Waals surface area contributed by atoms with Crippen molar-refractivity contribution in [1.82, 2.24) is 0 Å². The number of sulfonamides is 2. The molecule has 0 heterocycles. The average molecular weight is 750 g/mol. The molecule has 0 spiro atoms. The summed E-state index contributed by atoms with van der Waals surface area (Å²) in [6, 6.07) is 22.4. The number of hydrogen-bond donors (Lipinski definition) is 1. The van der Waals surface area contributed by atoms with Crippen LogP contribution >= 0.6 is 0 Å². The van der Waals surface area contributed by atoms with Crippen LogP contribution in [-0.2, 0) is 20.0 Å². The van der Waals surface area contributed by atoms with E-state index in [0.717, 1.165) is 20.7 Å². The van der Waals surface area contributed by atoms with E-state index < -0.39 is 47.3 Å². The maximum Gasteiger partial charge on any atom is 0.306 e. The largest absolute Gasteiger partial charge is 0.379 e. The van der Waals surface area contributed by atoms with E-state index in [-0.39, 0.29) is 51.3 Å². The van der Waals surface area contributed by atoms with Gasteiger partial charge in [-0.2, -0.15) is 4.39 Å². The highest BCUT2D eigenvalue weighted by Gasteiger charge is 2.35. The van der Waals surface area contributed by atoms with Crippen molar-refractivity contribution in [3.63, 3.8) is 0 Å². The molecule has 0 unspecified atom stereocenters. The third kappa shape index (κ3) is 9.31. The summed E-state index contributed by atoms with van der Waals surface area (Å²) in [5, 5.41) is 25.2. The van der Waals surface area contributed by atoms with Gasteiger partial charge in [0.1, 0.15) is 5.69 Å². The molecule has 272 valence electrons. The second kappa shape index (κ2) is 15.8. The van der Waals surface area contributed by atoms with E-state index in [1.165, 1.54) is 62.6 Å². The van der Waals surface area contributed by atoms with E-state index in [1.54, 1.807) is 36.4 Å². The Balaban J connectivity index is 0.000000244. The van der Waals surface area contributed by atoms with E-state index >= 15 is 0 Å². The van der Waals surface area contributed by atoms with Crippen LogP contribution in [0.15, 0.2) is 107 Å². The van der Waals surface area contributed by atoms with Crippen LogP contribution < -0.4 is 13.9 Å². The molecule has 0 saturated heterocycles. The van der Waals surface area contributed by atoms with E-state index in [9.17, 15) is 50.2 Å². The van der Waals surface area contributed by atoms with Crippen LogP contribution in [0, 0.1) is 32.0 Å². The fraction of sp³-hybridized carbons (Fsp3) is 0.273. The lowest BCUT2D eigenvalue weighted by molar-refractivity contribution is -0.387. The van der Waals surface area contributed by atoms with Gasteiger partial charge in [-0.3, -0.25) is 28.8 Å². The van der Waals surface area contributed by atoms with Gasteiger partial charge in [-0.1, -0.05) is 36.4 Å². The highest BCUT2D eigenvalue weighted by molar-refractivity contribution is 7.93. The van der Waals surface area contributed by atoms with Gasteiger partial charge in [0.25, 0.3) is 25.7 Å². The normalized spacial score (nSPS) is 14.5. The van der Waals surface area contributed by atoms with Crippen LogP contribution in [0.5, 0.6) is 0 Å². The molecule has 0 aromatic heterocycles. The van der Waals surface area contributed by atoms with Crippen LogP contribution in [0.1, 0.15) is 25.7 Å². The Morgan fingerprint density at radius 2 is 1.16 bits per heavy atom. The number of nitrogens with zero attached hydrogens (tertiary/aromatic N) is 4. The first kappa shape index (κ1) is 38.6. The maximum absolute atomic E-state index is 13.3. The van der Waals surface area contributed by atoms with Crippen molar-refractivity contribution in [2.24, 2.45) is 5.92 Å². The molecule has 4 aromatic rings. The molecular formula is C33H34F3N5O8S2. The lowest BCUT2D eigenvalue weighted by atomic mass is 9.87. The maximum atomic E-state index is 13.3. The Kier molecular flexibility index (Phi) is 11.9. The zero-order valence-corrected chi connectivity index (χ0v) is 29.0. The summed E-state index contributed by atoms with van der Waals surface area (Å²) in [7, 11) is -5.15. The number of rotatable bonds is 11. The fourth-order valence-electron chi connectivity index (χ4n) is 5.19.